The Labute approximate surface area is 145 Å². The van der Waals surface area contributed by atoms with Crippen LogP contribution in [0.25, 0.3) is 10.1 Å². The van der Waals surface area contributed by atoms with Gasteiger partial charge in [-0.15, -0.1) is 11.3 Å². The number of hydrogen-bond acceptors (Lipinski definition) is 4. The van der Waals surface area contributed by atoms with E-state index in [4.69, 9.17) is 0 Å². The standard InChI is InChI=1S/C18H22N2O3S/c1-18(23,15-10-12-6-2-5-9-14(12)24-15)11-19-16(21)17(22)20-13-7-3-4-8-13/h2,5-6,9-10,13,23H,3-4,7-8,11H2,1H3,(H,19,21)(H,20,22)/t18-/m1/s1. The molecule has 1 saturated carbocycles. The van der Waals surface area contributed by atoms with Crippen molar-refractivity contribution in [3.8, 4) is 0 Å². The molecular weight excluding hydrogens is 324 g/mol. The number of carbonyl (C=O) groups is 2. The molecule has 3 rings (SSSR count). The van der Waals surface area contributed by atoms with Crippen molar-refractivity contribution in [2.45, 2.75) is 44.2 Å². The van der Waals surface area contributed by atoms with Crippen molar-refractivity contribution in [1.29, 1.82) is 0 Å². The quantitative estimate of drug-likeness (QED) is 0.743. The van der Waals surface area contributed by atoms with Crippen LogP contribution in [0.5, 0.6) is 0 Å². The summed E-state index contributed by atoms with van der Waals surface area (Å²) in [5, 5.41) is 17.0. The molecule has 0 saturated heterocycles. The molecule has 1 aromatic heterocycles. The molecule has 1 aliphatic rings. The summed E-state index contributed by atoms with van der Waals surface area (Å²) in [4.78, 5) is 24.6. The van der Waals surface area contributed by atoms with Crippen molar-refractivity contribution in [2.24, 2.45) is 0 Å². The molecule has 0 radical (unpaired) electrons. The minimum absolute atomic E-state index is 0.00323. The highest BCUT2D eigenvalue weighted by molar-refractivity contribution is 7.19. The van der Waals surface area contributed by atoms with E-state index in [9.17, 15) is 14.7 Å². The molecule has 0 aliphatic heterocycles. The largest absolute Gasteiger partial charge is 0.383 e. The number of amides is 2. The van der Waals surface area contributed by atoms with Gasteiger partial charge in [-0.2, -0.15) is 0 Å². The maximum Gasteiger partial charge on any atom is 0.309 e. The summed E-state index contributed by atoms with van der Waals surface area (Å²) in [6.07, 6.45) is 4.04. The van der Waals surface area contributed by atoms with Crippen molar-refractivity contribution in [2.75, 3.05) is 6.54 Å². The van der Waals surface area contributed by atoms with E-state index in [2.05, 4.69) is 10.6 Å². The Morgan fingerprint density at radius 1 is 1.25 bits per heavy atom. The molecule has 1 aliphatic carbocycles. The van der Waals surface area contributed by atoms with Crippen LogP contribution in [0.4, 0.5) is 0 Å². The topological polar surface area (TPSA) is 78.4 Å². The maximum absolute atomic E-state index is 12.0. The molecule has 1 aromatic carbocycles. The van der Waals surface area contributed by atoms with Gasteiger partial charge in [0.2, 0.25) is 0 Å². The monoisotopic (exact) mass is 346 g/mol. The smallest absolute Gasteiger partial charge is 0.309 e. The number of benzene rings is 1. The van der Waals surface area contributed by atoms with E-state index < -0.39 is 17.4 Å². The van der Waals surface area contributed by atoms with Crippen molar-refractivity contribution in [3.63, 3.8) is 0 Å². The fourth-order valence-corrected chi connectivity index (χ4v) is 4.09. The van der Waals surface area contributed by atoms with E-state index in [1.54, 1.807) is 6.92 Å². The molecule has 6 heteroatoms. The van der Waals surface area contributed by atoms with E-state index in [-0.39, 0.29) is 12.6 Å². The van der Waals surface area contributed by atoms with Crippen LogP contribution in [0.1, 0.15) is 37.5 Å². The number of thiophene rings is 1. The Morgan fingerprint density at radius 3 is 2.67 bits per heavy atom. The Morgan fingerprint density at radius 2 is 1.96 bits per heavy atom. The molecule has 1 atom stereocenters. The Bertz CT molecular complexity index is 715. The van der Waals surface area contributed by atoms with E-state index >= 15 is 0 Å². The molecule has 2 amide bonds. The summed E-state index contributed by atoms with van der Waals surface area (Å²) >= 11 is 1.49. The molecule has 0 spiro atoms. The number of fused-ring (bicyclic) bond motifs is 1. The van der Waals surface area contributed by atoms with Gasteiger partial charge >= 0.3 is 11.8 Å². The highest BCUT2D eigenvalue weighted by atomic mass is 32.1. The number of aliphatic hydroxyl groups is 1. The normalized spacial score (nSPS) is 17.6. The molecule has 1 heterocycles. The first kappa shape index (κ1) is 16.9. The fourth-order valence-electron chi connectivity index (χ4n) is 2.99. The van der Waals surface area contributed by atoms with Gasteiger partial charge in [-0.1, -0.05) is 31.0 Å². The predicted octanol–water partition coefficient (Wildman–Crippen LogP) is 2.28. The van der Waals surface area contributed by atoms with E-state index in [0.717, 1.165) is 40.6 Å². The Kier molecular flexibility index (Phi) is 4.87. The van der Waals surface area contributed by atoms with Crippen LogP contribution in [0.3, 0.4) is 0 Å². The van der Waals surface area contributed by atoms with Crippen molar-refractivity contribution in [3.05, 3.63) is 35.2 Å². The van der Waals surface area contributed by atoms with E-state index in [1.807, 2.05) is 30.3 Å². The third kappa shape index (κ3) is 3.76. The van der Waals surface area contributed by atoms with Crippen LogP contribution >= 0.6 is 11.3 Å². The molecule has 3 N–H and O–H groups in total. The van der Waals surface area contributed by atoms with Crippen LogP contribution in [0, 0.1) is 0 Å². The minimum Gasteiger partial charge on any atom is -0.383 e. The van der Waals surface area contributed by atoms with Gasteiger partial charge in [-0.05, 0) is 37.3 Å². The van der Waals surface area contributed by atoms with Gasteiger partial charge < -0.3 is 15.7 Å². The number of nitrogens with one attached hydrogen (secondary N) is 2. The van der Waals surface area contributed by atoms with Crippen LogP contribution in [0.2, 0.25) is 0 Å². The highest BCUT2D eigenvalue weighted by Crippen LogP contribution is 2.32. The fraction of sp³-hybridized carbons (Fsp3) is 0.444. The highest BCUT2D eigenvalue weighted by Gasteiger charge is 2.28. The average molecular weight is 346 g/mol. The van der Waals surface area contributed by atoms with Crippen LogP contribution in [-0.4, -0.2) is 29.5 Å². The zero-order chi connectivity index (χ0) is 17.2. The van der Waals surface area contributed by atoms with Crippen molar-refractivity contribution in [1.82, 2.24) is 10.6 Å². The average Bonchev–Trinajstić information content (AvgIpc) is 3.21. The molecular formula is C18H22N2O3S. The molecule has 5 nitrogen and oxygen atoms in total. The van der Waals surface area contributed by atoms with Crippen molar-refractivity contribution < 1.29 is 14.7 Å². The van der Waals surface area contributed by atoms with Gasteiger partial charge in [0.15, 0.2) is 0 Å². The van der Waals surface area contributed by atoms with Gasteiger partial charge in [0.25, 0.3) is 0 Å². The summed E-state index contributed by atoms with van der Waals surface area (Å²) in [6, 6.07) is 9.90. The first-order chi connectivity index (χ1) is 11.5. The molecule has 2 aromatic rings. The van der Waals surface area contributed by atoms with Gasteiger partial charge in [0, 0.05) is 15.6 Å². The first-order valence-corrected chi connectivity index (χ1v) is 9.07. The summed E-state index contributed by atoms with van der Waals surface area (Å²) < 4.78 is 1.08. The van der Waals surface area contributed by atoms with E-state index in [1.165, 1.54) is 11.3 Å². The summed E-state index contributed by atoms with van der Waals surface area (Å²) in [6.45, 7) is 1.64. The second kappa shape index (κ2) is 6.91. The van der Waals surface area contributed by atoms with Crippen molar-refractivity contribution >= 4 is 33.2 Å². The summed E-state index contributed by atoms with van der Waals surface area (Å²) in [5.41, 5.74) is -1.22. The minimum atomic E-state index is -1.22. The number of carbonyl (C=O) groups excluding carboxylic acids is 2. The molecule has 0 unspecified atom stereocenters. The van der Waals surface area contributed by atoms with Crippen LogP contribution in [-0.2, 0) is 15.2 Å². The van der Waals surface area contributed by atoms with Crippen LogP contribution < -0.4 is 10.6 Å². The second-order valence-electron chi connectivity index (χ2n) is 6.56. The van der Waals surface area contributed by atoms with E-state index in [0.29, 0.717) is 0 Å². The Hall–Kier alpha value is -1.92. The Balaban J connectivity index is 1.59. The lowest BCUT2D eigenvalue weighted by molar-refractivity contribution is -0.140. The molecule has 0 bridgehead atoms. The molecule has 1 fully saturated rings. The number of rotatable bonds is 4. The van der Waals surface area contributed by atoms with Gasteiger partial charge in [-0.3, -0.25) is 9.59 Å². The zero-order valence-electron chi connectivity index (χ0n) is 13.7. The summed E-state index contributed by atoms with van der Waals surface area (Å²) in [5.74, 6) is -1.31. The molecule has 24 heavy (non-hydrogen) atoms. The lowest BCUT2D eigenvalue weighted by Crippen LogP contribution is -2.47. The maximum atomic E-state index is 12.0. The number of hydrogen-bond donors (Lipinski definition) is 3. The zero-order valence-corrected chi connectivity index (χ0v) is 14.5. The second-order valence-corrected chi connectivity index (χ2v) is 7.64. The first-order valence-electron chi connectivity index (χ1n) is 8.26. The third-order valence-corrected chi connectivity index (χ3v) is 5.82. The summed E-state index contributed by atoms with van der Waals surface area (Å²) in [7, 11) is 0. The lowest BCUT2D eigenvalue weighted by atomic mass is 10.0. The predicted molar refractivity (Wildman–Crippen MR) is 94.8 cm³/mol. The molecule has 128 valence electrons. The van der Waals surface area contributed by atoms with Gasteiger partial charge in [0.1, 0.15) is 5.60 Å². The van der Waals surface area contributed by atoms with Crippen LogP contribution in [0.15, 0.2) is 30.3 Å². The van der Waals surface area contributed by atoms with Gasteiger partial charge in [-0.25, -0.2) is 0 Å². The third-order valence-electron chi connectivity index (χ3n) is 4.45. The lowest BCUT2D eigenvalue weighted by Gasteiger charge is -2.22. The SMILES string of the molecule is C[C@@](O)(CNC(=O)C(=O)NC1CCCC1)c1cc2ccccc2s1. The van der Waals surface area contributed by atoms with Gasteiger partial charge in [0.05, 0.1) is 6.54 Å².